The summed E-state index contributed by atoms with van der Waals surface area (Å²) in [6, 6.07) is 6.92. The number of anilines is 1. The number of methoxy groups -OCH3 is 1. The molecule has 0 unspecified atom stereocenters. The Morgan fingerprint density at radius 2 is 1.97 bits per heavy atom. The number of nitrogens with one attached hydrogen (secondary N) is 2. The molecular weight excluding hydrogens is 474 g/mol. The van der Waals surface area contributed by atoms with E-state index in [4.69, 9.17) is 21.1 Å². The molecule has 0 aliphatic heterocycles. The van der Waals surface area contributed by atoms with Crippen LogP contribution in [-0.2, 0) is 14.6 Å². The van der Waals surface area contributed by atoms with Crippen molar-refractivity contribution in [3.05, 3.63) is 57.1 Å². The number of carbonyl (C=O) groups is 1. The van der Waals surface area contributed by atoms with Crippen molar-refractivity contribution in [2.75, 3.05) is 38.4 Å². The maximum Gasteiger partial charge on any atom is 0.293 e. The van der Waals surface area contributed by atoms with E-state index in [2.05, 4.69) is 10.6 Å². The third kappa shape index (κ3) is 7.36. The van der Waals surface area contributed by atoms with Crippen molar-refractivity contribution in [2.45, 2.75) is 11.8 Å². The van der Waals surface area contributed by atoms with Crippen molar-refractivity contribution in [1.29, 1.82) is 0 Å². The number of sulfone groups is 1. The smallest absolute Gasteiger partial charge is 0.293 e. The van der Waals surface area contributed by atoms with Gasteiger partial charge in [0.05, 0.1) is 28.6 Å². The maximum absolute atomic E-state index is 12.1. The van der Waals surface area contributed by atoms with Crippen LogP contribution < -0.4 is 20.1 Å². The van der Waals surface area contributed by atoms with Gasteiger partial charge in [-0.2, -0.15) is 0 Å². The van der Waals surface area contributed by atoms with E-state index in [1.54, 1.807) is 18.2 Å². The van der Waals surface area contributed by atoms with E-state index in [9.17, 15) is 23.3 Å². The van der Waals surface area contributed by atoms with E-state index >= 15 is 0 Å². The van der Waals surface area contributed by atoms with Crippen LogP contribution >= 0.6 is 11.6 Å². The van der Waals surface area contributed by atoms with Crippen LogP contribution in [0, 0.1) is 10.1 Å². The zero-order chi connectivity index (χ0) is 24.6. The number of amides is 1. The molecule has 1 amide bonds. The molecule has 2 rings (SSSR count). The number of nitrogens with zero attached hydrogens (tertiary/aromatic N) is 1. The summed E-state index contributed by atoms with van der Waals surface area (Å²) in [4.78, 5) is 22.5. The highest BCUT2D eigenvalue weighted by atomic mass is 35.5. The molecule has 0 aromatic heterocycles. The van der Waals surface area contributed by atoms with Gasteiger partial charge in [-0.25, -0.2) is 8.42 Å². The zero-order valence-electron chi connectivity index (χ0n) is 18.3. The number of carbonyl (C=O) groups excluding carboxylic acids is 1. The summed E-state index contributed by atoms with van der Waals surface area (Å²) in [6.07, 6.45) is 3.85. The van der Waals surface area contributed by atoms with Gasteiger partial charge in [0.2, 0.25) is 5.91 Å². The predicted octanol–water partition coefficient (Wildman–Crippen LogP) is 3.30. The molecule has 0 saturated carbocycles. The summed E-state index contributed by atoms with van der Waals surface area (Å²) in [5.41, 5.74) is 0.415. The Bertz CT molecular complexity index is 1170. The van der Waals surface area contributed by atoms with Crippen LogP contribution in [0.15, 0.2) is 41.3 Å². The molecule has 0 fully saturated rings. The second kappa shape index (κ2) is 11.5. The molecule has 12 heteroatoms. The third-order valence-corrected chi connectivity index (χ3v) is 5.69. The number of ether oxygens (including phenoxy) is 2. The van der Waals surface area contributed by atoms with Crippen molar-refractivity contribution in [1.82, 2.24) is 5.32 Å². The van der Waals surface area contributed by atoms with Crippen LogP contribution in [0.5, 0.6) is 11.5 Å². The Balaban J connectivity index is 1.96. The molecule has 0 saturated heterocycles. The van der Waals surface area contributed by atoms with Crippen molar-refractivity contribution < 1.29 is 27.6 Å². The van der Waals surface area contributed by atoms with E-state index in [-0.39, 0.29) is 35.3 Å². The first-order valence-electron chi connectivity index (χ1n) is 9.75. The minimum atomic E-state index is -3.57. The zero-order valence-corrected chi connectivity index (χ0v) is 19.8. The first-order valence-corrected chi connectivity index (χ1v) is 12.0. The first kappa shape index (κ1) is 25.9. The van der Waals surface area contributed by atoms with E-state index < -0.39 is 14.8 Å². The van der Waals surface area contributed by atoms with Crippen LogP contribution in [0.2, 0.25) is 5.02 Å². The molecule has 0 radical (unpaired) electrons. The summed E-state index contributed by atoms with van der Waals surface area (Å²) in [7, 11) is -2.09. The van der Waals surface area contributed by atoms with Crippen LogP contribution in [-0.4, -0.2) is 52.3 Å². The summed E-state index contributed by atoms with van der Waals surface area (Å²) in [6.45, 7) is 2.59. The van der Waals surface area contributed by atoms with Crippen LogP contribution in [0.3, 0.4) is 0 Å². The predicted molar refractivity (Wildman–Crippen MR) is 126 cm³/mol. The number of nitro benzene ring substituents is 1. The fourth-order valence-electron chi connectivity index (χ4n) is 2.80. The second-order valence-electron chi connectivity index (χ2n) is 6.73. The molecule has 0 atom stereocenters. The van der Waals surface area contributed by atoms with Crippen LogP contribution in [0.1, 0.15) is 12.5 Å². The molecule has 0 heterocycles. The van der Waals surface area contributed by atoms with Crippen molar-refractivity contribution in [3.63, 3.8) is 0 Å². The fraction of sp³-hybridized carbons (Fsp3) is 0.286. The molecule has 33 heavy (non-hydrogen) atoms. The highest BCUT2D eigenvalue weighted by molar-refractivity contribution is 7.90. The number of hydrogen-bond acceptors (Lipinski definition) is 8. The van der Waals surface area contributed by atoms with Crippen LogP contribution in [0.25, 0.3) is 6.08 Å². The largest absolute Gasteiger partial charge is 0.491 e. The lowest BCUT2D eigenvalue weighted by Crippen LogP contribution is -2.27. The maximum atomic E-state index is 12.1. The number of halogens is 1. The van der Waals surface area contributed by atoms with Gasteiger partial charge in [0.25, 0.3) is 5.69 Å². The molecule has 0 aliphatic rings. The second-order valence-corrected chi connectivity index (χ2v) is 9.15. The van der Waals surface area contributed by atoms with Crippen molar-refractivity contribution in [2.24, 2.45) is 0 Å². The van der Waals surface area contributed by atoms with Gasteiger partial charge >= 0.3 is 0 Å². The topological polar surface area (TPSA) is 137 Å². The van der Waals surface area contributed by atoms with Gasteiger partial charge in [-0.3, -0.25) is 14.9 Å². The minimum Gasteiger partial charge on any atom is -0.491 e. The van der Waals surface area contributed by atoms with Gasteiger partial charge in [-0.05, 0) is 42.8 Å². The number of benzene rings is 2. The Morgan fingerprint density at radius 1 is 1.24 bits per heavy atom. The van der Waals surface area contributed by atoms with Gasteiger partial charge in [-0.1, -0.05) is 11.6 Å². The van der Waals surface area contributed by atoms with E-state index in [1.807, 2.05) is 6.92 Å². The number of hydrogen-bond donors (Lipinski definition) is 2. The molecule has 0 bridgehead atoms. The Labute approximate surface area is 196 Å². The lowest BCUT2D eigenvalue weighted by atomic mass is 10.2. The monoisotopic (exact) mass is 497 g/mol. The molecule has 2 N–H and O–H groups in total. The SMILES string of the molecule is CCOc1cc(/C=C/C(=O)NCCNc2ccc(S(C)(=O)=O)cc2[N+](=O)[O-])cc(Cl)c1OC. The summed E-state index contributed by atoms with van der Waals surface area (Å²) in [5, 5.41) is 17.1. The first-order chi connectivity index (χ1) is 15.6. The molecule has 10 nitrogen and oxygen atoms in total. The Morgan fingerprint density at radius 3 is 2.58 bits per heavy atom. The minimum absolute atomic E-state index is 0.147. The number of rotatable bonds is 11. The van der Waals surface area contributed by atoms with Gasteiger partial charge in [0.15, 0.2) is 21.3 Å². The summed E-state index contributed by atoms with van der Waals surface area (Å²) in [5.74, 6) is 0.480. The van der Waals surface area contributed by atoms with E-state index in [0.29, 0.717) is 28.7 Å². The number of nitro groups is 1. The quantitative estimate of drug-likeness (QED) is 0.209. The van der Waals surface area contributed by atoms with E-state index in [1.165, 1.54) is 25.3 Å². The van der Waals surface area contributed by atoms with Crippen molar-refractivity contribution in [3.8, 4) is 11.5 Å². The van der Waals surface area contributed by atoms with Gasteiger partial charge < -0.3 is 20.1 Å². The summed E-state index contributed by atoms with van der Waals surface area (Å²) >= 11 is 6.19. The van der Waals surface area contributed by atoms with Crippen LogP contribution in [0.4, 0.5) is 11.4 Å². The van der Waals surface area contributed by atoms with Gasteiger partial charge in [-0.15, -0.1) is 0 Å². The average Bonchev–Trinajstić information content (AvgIpc) is 2.74. The molecule has 2 aromatic carbocycles. The highest BCUT2D eigenvalue weighted by Gasteiger charge is 2.18. The molecule has 2 aromatic rings. The average molecular weight is 498 g/mol. The fourth-order valence-corrected chi connectivity index (χ4v) is 3.74. The third-order valence-electron chi connectivity index (χ3n) is 4.30. The highest BCUT2D eigenvalue weighted by Crippen LogP contribution is 2.36. The molecule has 0 aliphatic carbocycles. The molecule has 178 valence electrons. The normalized spacial score (nSPS) is 11.3. The van der Waals surface area contributed by atoms with Gasteiger partial charge in [0.1, 0.15) is 5.69 Å². The van der Waals surface area contributed by atoms with E-state index in [0.717, 1.165) is 12.3 Å². The summed E-state index contributed by atoms with van der Waals surface area (Å²) < 4.78 is 33.9. The van der Waals surface area contributed by atoms with Crippen molar-refractivity contribution >= 4 is 44.8 Å². The lowest BCUT2D eigenvalue weighted by Gasteiger charge is -2.11. The Kier molecular flexibility index (Phi) is 9.06. The standard InChI is InChI=1S/C21H24ClN3O7S/c1-4-32-19-12-14(11-16(22)21(19)31-2)5-8-20(26)24-10-9-23-17-7-6-15(33(3,29)30)13-18(17)25(27)28/h5-8,11-13,23H,4,9-10H2,1-3H3,(H,24,26)/b8-5+. The lowest BCUT2D eigenvalue weighted by molar-refractivity contribution is -0.384. The Hall–Kier alpha value is -3.31. The molecular formula is C21H24ClN3O7S. The van der Waals surface area contributed by atoms with Gasteiger partial charge in [0, 0.05) is 31.5 Å². The molecule has 0 spiro atoms.